The minimum absolute atomic E-state index is 0. The molecule has 0 amide bonds. The Bertz CT molecular complexity index is 94.2. The van der Waals surface area contributed by atoms with Gasteiger partial charge in [0.25, 0.3) is 0 Å². The van der Waals surface area contributed by atoms with Gasteiger partial charge in [0.05, 0.1) is 0 Å². The summed E-state index contributed by atoms with van der Waals surface area (Å²) in [5.74, 6) is 0. The van der Waals surface area contributed by atoms with Crippen LogP contribution in [0.1, 0.15) is 48.0 Å². The first-order chi connectivity index (χ1) is 4.56. The summed E-state index contributed by atoms with van der Waals surface area (Å²) in [6.07, 6.45) is 1.02. The van der Waals surface area contributed by atoms with Gasteiger partial charge in [-0.2, -0.15) is 11.8 Å². The molecule has 0 aromatic rings. The first kappa shape index (κ1) is 91.0. The fraction of sp³-hybridized carbons (Fsp3) is 0.818. The Balaban J connectivity index is -0.00000000387. The number of hydrogen-bond donors (Lipinski definition) is 0. The summed E-state index contributed by atoms with van der Waals surface area (Å²) >= 11 is 0. The molecular weight excluding hydrogens is 1200 g/mol. The summed E-state index contributed by atoms with van der Waals surface area (Å²) < 4.78 is 0. The van der Waals surface area contributed by atoms with Crippen LogP contribution in [-0.4, -0.2) is 0 Å². The molecule has 12 radical (unpaired) electrons. The molecule has 0 bridgehead atoms. The molecule has 23 heavy (non-hydrogen) atoms. The van der Waals surface area contributed by atoms with Crippen LogP contribution in [0.4, 0.5) is 0 Å². The predicted molar refractivity (Wildman–Crippen MR) is 54.2 cm³/mol. The van der Waals surface area contributed by atoms with Gasteiger partial charge in [-0.15, -0.1) is 0 Å². The van der Waals surface area contributed by atoms with Gasteiger partial charge < -0.3 is 13.8 Å². The monoisotopic (exact) mass is 1220 g/mol. The quantitative estimate of drug-likeness (QED) is 0.322. The predicted octanol–water partition coefficient (Wildman–Crippen LogP) is 4.09. The first-order valence-corrected chi connectivity index (χ1v) is 4.21. The van der Waals surface area contributed by atoms with Crippen molar-refractivity contribution in [1.82, 2.24) is 0 Å². The Labute approximate surface area is 450 Å². The number of hydrogen-bond acceptors (Lipinski definition) is 0. The average molecular weight is 1220 g/mol. The molecule has 0 spiro atoms. The van der Waals surface area contributed by atoms with E-state index < -0.39 is 0 Å². The molecule has 12 heteroatoms. The smallest absolute Gasteiger partial charge is 0 e. The van der Waals surface area contributed by atoms with Crippen LogP contribution < -0.4 is 0 Å². The van der Waals surface area contributed by atoms with Crippen LogP contribution >= 0.6 is 0 Å². The van der Waals surface area contributed by atoms with Crippen molar-refractivity contribution < 1.29 is 393 Å². The Morgan fingerprint density at radius 3 is 0.522 bits per heavy atom. The summed E-state index contributed by atoms with van der Waals surface area (Å²) in [6.45, 7) is 20.3. The first-order valence-electron chi connectivity index (χ1n) is 4.21. The molecule has 0 unspecified atom stereocenters. The van der Waals surface area contributed by atoms with Gasteiger partial charge in [-0.05, 0) is 0 Å². The summed E-state index contributed by atoms with van der Waals surface area (Å²) in [7, 11) is 0. The van der Waals surface area contributed by atoms with E-state index >= 15 is 0 Å². The van der Waals surface area contributed by atoms with Crippen LogP contribution in [0.3, 0.4) is 0 Å². The van der Waals surface area contributed by atoms with Gasteiger partial charge in [-0.25, -0.2) is 0 Å². The van der Waals surface area contributed by atoms with Gasteiger partial charge in [-0.1, -0.05) is 47.0 Å². The molecule has 0 aliphatic carbocycles. The third-order valence-electron chi connectivity index (χ3n) is 0.750. The van der Waals surface area contributed by atoms with Crippen LogP contribution in [0.25, 0.3) is 0 Å². The second-order valence-electron chi connectivity index (χ2n) is 5.37. The molecule has 0 aromatic heterocycles. The van der Waals surface area contributed by atoms with Crippen molar-refractivity contribution in [2.45, 2.75) is 48.0 Å². The Morgan fingerprint density at radius 2 is 0.522 bits per heavy atom. The molecule has 106 valence electrons. The van der Waals surface area contributed by atoms with E-state index in [1.165, 1.54) is 0 Å². The molecule has 0 saturated heterocycles. The average Bonchev–Trinajstić information content (AvgIpc) is 1.59. The second-order valence-corrected chi connectivity index (χ2v) is 5.37. The zero-order chi connectivity index (χ0) is 9.71. The molecule has 0 aliphatic rings. The SMILES string of the molecule is [CH2-]C(C)(C)C.[CH2-]CC(C)(C)C.[Y].[Y].[Y].[Y].[Y].[Y].[Y].[Y].[Y].[Y].[Y].[Y]. The van der Waals surface area contributed by atoms with E-state index in [1.807, 2.05) is 0 Å². The number of rotatable bonds is 0. The zero-order valence-corrected chi connectivity index (χ0v) is 50.1. The van der Waals surface area contributed by atoms with Gasteiger partial charge in [0.2, 0.25) is 0 Å². The van der Waals surface area contributed by atoms with Gasteiger partial charge >= 0.3 is 0 Å². The molecule has 0 atom stereocenters. The molecule has 0 N–H and O–H groups in total. The second kappa shape index (κ2) is 60.0. The molecule has 0 nitrogen and oxygen atoms in total. The van der Waals surface area contributed by atoms with Crippen molar-refractivity contribution in [3.63, 3.8) is 0 Å². The van der Waals surface area contributed by atoms with Crippen LogP contribution in [0.5, 0.6) is 0 Å². The summed E-state index contributed by atoms with van der Waals surface area (Å²) in [4.78, 5) is 0. The molecule has 0 rings (SSSR count). The summed E-state index contributed by atoms with van der Waals surface area (Å²) in [5.41, 5.74) is 0.681. The fourth-order valence-corrected chi connectivity index (χ4v) is 0. The minimum Gasteiger partial charge on any atom is -0.343 e. The fourth-order valence-electron chi connectivity index (χ4n) is 0. The van der Waals surface area contributed by atoms with Gasteiger partial charge in [0.1, 0.15) is 0 Å². The molecular formula is C11H24Y12-2. The topological polar surface area (TPSA) is 0 Å². The molecule has 0 fully saturated rings. The summed E-state index contributed by atoms with van der Waals surface area (Å²) in [5, 5.41) is 0. The van der Waals surface area contributed by atoms with Crippen molar-refractivity contribution in [3.05, 3.63) is 13.8 Å². The Hall–Kier alpha value is 13.2. The van der Waals surface area contributed by atoms with Gasteiger partial charge in [0, 0.05) is 393 Å². The van der Waals surface area contributed by atoms with Crippen molar-refractivity contribution in [3.8, 4) is 0 Å². The molecule has 0 heterocycles. The van der Waals surface area contributed by atoms with Crippen LogP contribution in [0.2, 0.25) is 0 Å². The zero-order valence-electron chi connectivity index (χ0n) is 16.0. The van der Waals surface area contributed by atoms with Crippen molar-refractivity contribution in [2.75, 3.05) is 0 Å². The van der Waals surface area contributed by atoms with Crippen LogP contribution in [-0.2, 0) is 393 Å². The van der Waals surface area contributed by atoms with E-state index in [0.717, 1.165) is 6.42 Å². The maximum absolute atomic E-state index is 3.77. The largest absolute Gasteiger partial charge is 0.343 e. The van der Waals surface area contributed by atoms with E-state index in [0.29, 0.717) is 5.41 Å². The normalized spacial score (nSPS) is 5.74. The van der Waals surface area contributed by atoms with E-state index in [4.69, 9.17) is 0 Å². The maximum atomic E-state index is 3.77. The van der Waals surface area contributed by atoms with E-state index in [1.54, 1.807) is 0 Å². The summed E-state index contributed by atoms with van der Waals surface area (Å²) in [6, 6.07) is 0. The van der Waals surface area contributed by atoms with E-state index in [-0.39, 0.29) is 398 Å². The van der Waals surface area contributed by atoms with E-state index in [9.17, 15) is 0 Å². The van der Waals surface area contributed by atoms with Crippen molar-refractivity contribution in [2.24, 2.45) is 10.8 Å². The van der Waals surface area contributed by atoms with Crippen molar-refractivity contribution >= 4 is 0 Å². The van der Waals surface area contributed by atoms with Crippen molar-refractivity contribution in [1.29, 1.82) is 0 Å². The van der Waals surface area contributed by atoms with Crippen LogP contribution in [0.15, 0.2) is 0 Å². The Kier molecular flexibility index (Phi) is 237. The van der Waals surface area contributed by atoms with Crippen LogP contribution in [0, 0.1) is 24.7 Å². The minimum atomic E-state index is 0. The third kappa shape index (κ3) is 148. The molecule has 0 aromatic carbocycles. The third-order valence-corrected chi connectivity index (χ3v) is 0.750. The van der Waals surface area contributed by atoms with Gasteiger partial charge in [0.15, 0.2) is 0 Å². The van der Waals surface area contributed by atoms with Gasteiger partial charge in [-0.3, -0.25) is 0 Å². The Morgan fingerprint density at radius 1 is 0.478 bits per heavy atom. The maximum Gasteiger partial charge on any atom is 0 e. The standard InChI is InChI=1S/C6H13.C5H11.12Y/c1-5-6(2,3)4;1-5(2,3)4;;;;;;;;;;;;/h1,5H2,2-4H3;1H2,2-4H3;;;;;;;;;;;;/q2*-1;;;;;;;;;;;;. The molecule has 0 aliphatic heterocycles. The van der Waals surface area contributed by atoms with E-state index in [2.05, 4.69) is 55.4 Å². The molecule has 0 saturated carbocycles.